The minimum absolute atomic E-state index is 0.0449. The minimum Gasteiger partial charge on any atom is -0.465 e. The zero-order valence-electron chi connectivity index (χ0n) is 7.50. The van der Waals surface area contributed by atoms with Gasteiger partial charge in [0.1, 0.15) is 0 Å². The molecule has 14 heavy (non-hydrogen) atoms. The summed E-state index contributed by atoms with van der Waals surface area (Å²) in [5.41, 5.74) is 2.45. The van der Waals surface area contributed by atoms with Crippen LogP contribution in [-0.2, 0) is 16.0 Å². The molecule has 1 saturated heterocycles. The second kappa shape index (κ2) is 2.74. The number of fused-ring (bicyclic) bond motifs is 3. The molecular weight excluding hydrogens is 200 g/mol. The Morgan fingerprint density at radius 1 is 1.36 bits per heavy atom. The van der Waals surface area contributed by atoms with E-state index in [4.69, 9.17) is 16.3 Å². The van der Waals surface area contributed by atoms with Crippen LogP contribution in [0, 0.1) is 5.92 Å². The van der Waals surface area contributed by atoms with Crippen LogP contribution >= 0.6 is 11.6 Å². The van der Waals surface area contributed by atoms with Gasteiger partial charge in [-0.1, -0.05) is 17.7 Å². The Balaban J connectivity index is 2.09. The van der Waals surface area contributed by atoms with Crippen molar-refractivity contribution in [2.24, 2.45) is 5.92 Å². The third kappa shape index (κ3) is 1.01. The lowest BCUT2D eigenvalue weighted by Crippen LogP contribution is -2.09. The number of carbonyl (C=O) groups excluding carboxylic acids is 1. The summed E-state index contributed by atoms with van der Waals surface area (Å²) in [4.78, 5) is 11.4. The molecule has 1 aromatic carbocycles. The maximum Gasteiger partial charge on any atom is 0.310 e. The highest BCUT2D eigenvalue weighted by Crippen LogP contribution is 2.43. The van der Waals surface area contributed by atoms with E-state index in [9.17, 15) is 4.79 Å². The van der Waals surface area contributed by atoms with Gasteiger partial charge in [-0.05, 0) is 29.7 Å². The molecule has 2 aliphatic rings. The number of ether oxygens (including phenoxy) is 1. The highest BCUT2D eigenvalue weighted by atomic mass is 35.5. The van der Waals surface area contributed by atoms with Crippen LogP contribution in [0.3, 0.4) is 0 Å². The van der Waals surface area contributed by atoms with Crippen LogP contribution < -0.4 is 0 Å². The number of carbonyl (C=O) groups is 1. The molecule has 0 bridgehead atoms. The second-order valence-electron chi connectivity index (χ2n) is 3.89. The Morgan fingerprint density at radius 3 is 3.07 bits per heavy atom. The number of rotatable bonds is 0. The summed E-state index contributed by atoms with van der Waals surface area (Å²) in [6.45, 7) is 0.525. The summed E-state index contributed by atoms with van der Waals surface area (Å²) >= 11 is 5.92. The van der Waals surface area contributed by atoms with Crippen molar-refractivity contribution in [2.45, 2.75) is 12.3 Å². The lowest BCUT2D eigenvalue weighted by Gasteiger charge is -2.05. The molecule has 72 valence electrons. The SMILES string of the molecule is O=C1OC[C@H]2c3cc(Cl)ccc3C[C@@H]12. The molecule has 2 nitrogen and oxygen atoms in total. The molecule has 1 aliphatic heterocycles. The van der Waals surface area contributed by atoms with Crippen LogP contribution in [-0.4, -0.2) is 12.6 Å². The zero-order chi connectivity index (χ0) is 9.71. The molecule has 1 aliphatic carbocycles. The molecule has 3 rings (SSSR count). The summed E-state index contributed by atoms with van der Waals surface area (Å²) in [5, 5.41) is 0.740. The van der Waals surface area contributed by atoms with Crippen molar-refractivity contribution in [3.05, 3.63) is 34.3 Å². The van der Waals surface area contributed by atoms with E-state index >= 15 is 0 Å². The van der Waals surface area contributed by atoms with Gasteiger partial charge < -0.3 is 4.74 Å². The van der Waals surface area contributed by atoms with Crippen LogP contribution in [0.15, 0.2) is 18.2 Å². The number of esters is 1. The highest BCUT2D eigenvalue weighted by molar-refractivity contribution is 6.30. The fourth-order valence-corrected chi connectivity index (χ4v) is 2.61. The van der Waals surface area contributed by atoms with Crippen molar-refractivity contribution in [1.29, 1.82) is 0 Å². The van der Waals surface area contributed by atoms with E-state index < -0.39 is 0 Å². The third-order valence-corrected chi connectivity index (χ3v) is 3.38. The van der Waals surface area contributed by atoms with Crippen LogP contribution in [0.1, 0.15) is 17.0 Å². The fraction of sp³-hybridized carbons (Fsp3) is 0.364. The van der Waals surface area contributed by atoms with Gasteiger partial charge in [0.25, 0.3) is 0 Å². The minimum atomic E-state index is -0.0534. The third-order valence-electron chi connectivity index (χ3n) is 3.14. The van der Waals surface area contributed by atoms with Gasteiger partial charge in [-0.25, -0.2) is 0 Å². The first-order valence-corrected chi connectivity index (χ1v) is 5.08. The molecule has 0 unspecified atom stereocenters. The Bertz CT molecular complexity index is 414. The van der Waals surface area contributed by atoms with Gasteiger partial charge in [0.2, 0.25) is 0 Å². The second-order valence-corrected chi connectivity index (χ2v) is 4.33. The first-order chi connectivity index (χ1) is 6.75. The molecule has 0 amide bonds. The Hall–Kier alpha value is -1.02. The molecule has 2 atom stereocenters. The van der Waals surface area contributed by atoms with Crippen molar-refractivity contribution in [1.82, 2.24) is 0 Å². The zero-order valence-corrected chi connectivity index (χ0v) is 8.25. The van der Waals surface area contributed by atoms with Crippen molar-refractivity contribution >= 4 is 17.6 Å². The molecule has 0 aromatic heterocycles. The van der Waals surface area contributed by atoms with E-state index in [1.807, 2.05) is 18.2 Å². The van der Waals surface area contributed by atoms with Gasteiger partial charge in [-0.15, -0.1) is 0 Å². The van der Waals surface area contributed by atoms with Crippen molar-refractivity contribution in [2.75, 3.05) is 6.61 Å². The van der Waals surface area contributed by atoms with E-state index in [-0.39, 0.29) is 17.8 Å². The molecular formula is C11H9ClO2. The average Bonchev–Trinajstić information content (AvgIpc) is 2.67. The van der Waals surface area contributed by atoms with E-state index in [1.54, 1.807) is 0 Å². The van der Waals surface area contributed by atoms with Crippen molar-refractivity contribution in [3.63, 3.8) is 0 Å². The maximum atomic E-state index is 11.4. The predicted molar refractivity (Wildman–Crippen MR) is 52.3 cm³/mol. The van der Waals surface area contributed by atoms with Gasteiger partial charge in [0.15, 0.2) is 0 Å². The fourth-order valence-electron chi connectivity index (χ4n) is 2.43. The molecule has 1 fully saturated rings. The van der Waals surface area contributed by atoms with Crippen LogP contribution in [0.4, 0.5) is 0 Å². The summed E-state index contributed by atoms with van der Waals surface area (Å²) in [7, 11) is 0. The largest absolute Gasteiger partial charge is 0.465 e. The first-order valence-electron chi connectivity index (χ1n) is 4.70. The molecule has 1 aromatic rings. The average molecular weight is 209 g/mol. The standard InChI is InChI=1S/C11H9ClO2/c12-7-2-1-6-3-9-10(8(6)4-7)5-14-11(9)13/h1-2,4,9-10H,3,5H2/t9-,10+/m1/s1. The monoisotopic (exact) mass is 208 g/mol. The molecule has 1 heterocycles. The molecule has 0 N–H and O–H groups in total. The summed E-state index contributed by atoms with van der Waals surface area (Å²) < 4.78 is 5.03. The number of hydrogen-bond acceptors (Lipinski definition) is 2. The number of hydrogen-bond donors (Lipinski definition) is 0. The van der Waals surface area contributed by atoms with Gasteiger partial charge in [0.05, 0.1) is 12.5 Å². The van der Waals surface area contributed by atoms with E-state index in [0.717, 1.165) is 11.4 Å². The number of benzene rings is 1. The predicted octanol–water partition coefficient (Wildman–Crippen LogP) is 2.15. The van der Waals surface area contributed by atoms with Gasteiger partial charge >= 0.3 is 5.97 Å². The molecule has 3 heteroatoms. The topological polar surface area (TPSA) is 26.3 Å². The maximum absolute atomic E-state index is 11.4. The summed E-state index contributed by atoms with van der Waals surface area (Å²) in [6, 6.07) is 5.86. The van der Waals surface area contributed by atoms with Crippen molar-refractivity contribution < 1.29 is 9.53 Å². The molecule has 0 radical (unpaired) electrons. The van der Waals surface area contributed by atoms with Gasteiger partial charge in [-0.2, -0.15) is 0 Å². The van der Waals surface area contributed by atoms with Crippen LogP contribution in [0.25, 0.3) is 0 Å². The number of halogens is 1. The normalized spacial score (nSPS) is 28.5. The summed E-state index contributed by atoms with van der Waals surface area (Å²) in [6.07, 6.45) is 0.815. The lowest BCUT2D eigenvalue weighted by atomic mass is 9.96. The van der Waals surface area contributed by atoms with Crippen molar-refractivity contribution in [3.8, 4) is 0 Å². The Morgan fingerprint density at radius 2 is 2.21 bits per heavy atom. The first kappa shape index (κ1) is 8.30. The Kier molecular flexibility index (Phi) is 1.62. The lowest BCUT2D eigenvalue weighted by molar-refractivity contribution is -0.141. The van der Waals surface area contributed by atoms with Crippen LogP contribution in [0.2, 0.25) is 5.02 Å². The van der Waals surface area contributed by atoms with E-state index in [0.29, 0.717) is 6.61 Å². The van der Waals surface area contributed by atoms with Gasteiger partial charge in [-0.3, -0.25) is 4.79 Å². The smallest absolute Gasteiger partial charge is 0.310 e. The van der Waals surface area contributed by atoms with E-state index in [1.165, 1.54) is 11.1 Å². The summed E-state index contributed by atoms with van der Waals surface area (Å²) in [5.74, 6) is 0.238. The number of cyclic esters (lactones) is 1. The molecule has 0 saturated carbocycles. The van der Waals surface area contributed by atoms with E-state index in [2.05, 4.69) is 0 Å². The van der Waals surface area contributed by atoms with Gasteiger partial charge in [0, 0.05) is 10.9 Å². The highest BCUT2D eigenvalue weighted by Gasteiger charge is 2.43. The van der Waals surface area contributed by atoms with Crippen LogP contribution in [0.5, 0.6) is 0 Å². The quantitative estimate of drug-likeness (QED) is 0.611. The Labute approximate surface area is 86.8 Å². The molecule has 0 spiro atoms.